The third kappa shape index (κ3) is 4.07. The topological polar surface area (TPSA) is 30.5 Å². The zero-order chi connectivity index (χ0) is 16.2. The number of hydrogen-bond donors (Lipinski definition) is 1. The van der Waals surface area contributed by atoms with Crippen LogP contribution in [0, 0.1) is 5.92 Å². The quantitative estimate of drug-likeness (QED) is 0.869. The molecule has 1 heterocycles. The summed E-state index contributed by atoms with van der Waals surface area (Å²) in [5.41, 5.74) is 1.33. The van der Waals surface area contributed by atoms with E-state index in [1.54, 1.807) is 7.11 Å². The minimum atomic E-state index is 0.346. The molecule has 2 fully saturated rings. The Hall–Kier alpha value is -1.06. The fraction of sp³-hybridized carbons (Fsp3) is 0.700. The summed E-state index contributed by atoms with van der Waals surface area (Å²) in [6.07, 6.45) is 8.26. The maximum Gasteiger partial charge on any atom is 0.123 e. The van der Waals surface area contributed by atoms with Gasteiger partial charge in [0.05, 0.1) is 19.3 Å². The molecule has 2 aliphatic rings. The number of ether oxygens (including phenoxy) is 2. The summed E-state index contributed by atoms with van der Waals surface area (Å²) in [6, 6.07) is 9.46. The Morgan fingerprint density at radius 3 is 2.39 bits per heavy atom. The Morgan fingerprint density at radius 2 is 1.74 bits per heavy atom. The van der Waals surface area contributed by atoms with E-state index in [4.69, 9.17) is 9.47 Å². The number of para-hydroxylation sites is 1. The molecule has 128 valence electrons. The zero-order valence-electron chi connectivity index (χ0n) is 14.8. The minimum absolute atomic E-state index is 0.346. The van der Waals surface area contributed by atoms with Crippen LogP contribution in [0.2, 0.25) is 0 Å². The van der Waals surface area contributed by atoms with Gasteiger partial charge in [-0.3, -0.25) is 0 Å². The van der Waals surface area contributed by atoms with Crippen LogP contribution in [0.3, 0.4) is 0 Å². The highest BCUT2D eigenvalue weighted by molar-refractivity contribution is 5.36. The molecule has 1 aliphatic carbocycles. The van der Waals surface area contributed by atoms with Crippen LogP contribution in [0.25, 0.3) is 0 Å². The van der Waals surface area contributed by atoms with E-state index in [2.05, 4.69) is 43.4 Å². The minimum Gasteiger partial charge on any atom is -0.496 e. The van der Waals surface area contributed by atoms with E-state index in [1.165, 1.54) is 31.2 Å². The van der Waals surface area contributed by atoms with E-state index < -0.39 is 0 Å². The van der Waals surface area contributed by atoms with Crippen molar-refractivity contribution in [2.75, 3.05) is 7.11 Å². The van der Waals surface area contributed by atoms with Crippen LogP contribution in [0.1, 0.15) is 64.0 Å². The van der Waals surface area contributed by atoms with Crippen LogP contribution in [-0.4, -0.2) is 25.4 Å². The first kappa shape index (κ1) is 16.8. The zero-order valence-corrected chi connectivity index (χ0v) is 14.8. The first-order valence-corrected chi connectivity index (χ1v) is 9.21. The third-order valence-electron chi connectivity index (χ3n) is 5.46. The number of hydrogen-bond acceptors (Lipinski definition) is 3. The van der Waals surface area contributed by atoms with E-state index in [0.717, 1.165) is 24.5 Å². The molecule has 1 unspecified atom stereocenters. The van der Waals surface area contributed by atoms with E-state index in [0.29, 0.717) is 24.3 Å². The molecule has 1 saturated heterocycles. The molecule has 3 nitrogen and oxygen atoms in total. The Labute approximate surface area is 140 Å². The van der Waals surface area contributed by atoms with Crippen LogP contribution < -0.4 is 10.1 Å². The highest BCUT2D eigenvalue weighted by atomic mass is 16.5. The van der Waals surface area contributed by atoms with Gasteiger partial charge in [-0.05, 0) is 51.5 Å². The molecule has 1 saturated carbocycles. The van der Waals surface area contributed by atoms with Gasteiger partial charge in [0.2, 0.25) is 0 Å². The van der Waals surface area contributed by atoms with Gasteiger partial charge in [-0.1, -0.05) is 31.0 Å². The monoisotopic (exact) mass is 317 g/mol. The Kier molecular flexibility index (Phi) is 5.60. The van der Waals surface area contributed by atoms with Gasteiger partial charge in [0.25, 0.3) is 0 Å². The number of methoxy groups -OCH3 is 1. The molecular weight excluding hydrogens is 286 g/mol. The second kappa shape index (κ2) is 7.67. The van der Waals surface area contributed by atoms with E-state index >= 15 is 0 Å². The standard InChI is InChI=1S/C20H31NO2/c1-14-12-17(13-15(2)23-14)21-20(16-8-4-5-9-16)18-10-6-7-11-19(18)22-3/h6-7,10-11,14-17,20-21H,4-5,8-9,12-13H2,1-3H3/t14-,15+,17?,20-/m1/s1. The first-order chi connectivity index (χ1) is 11.2. The molecule has 0 amide bonds. The average molecular weight is 317 g/mol. The lowest BCUT2D eigenvalue weighted by molar-refractivity contribution is -0.0446. The van der Waals surface area contributed by atoms with Gasteiger partial charge in [-0.25, -0.2) is 0 Å². The van der Waals surface area contributed by atoms with E-state index in [1.807, 2.05) is 0 Å². The molecule has 0 spiro atoms. The van der Waals surface area contributed by atoms with Crippen molar-refractivity contribution in [1.82, 2.24) is 5.32 Å². The van der Waals surface area contributed by atoms with Crippen molar-refractivity contribution in [3.8, 4) is 5.75 Å². The summed E-state index contributed by atoms with van der Waals surface area (Å²) in [6.45, 7) is 4.38. The smallest absolute Gasteiger partial charge is 0.123 e. The van der Waals surface area contributed by atoms with Crippen LogP contribution in [-0.2, 0) is 4.74 Å². The van der Waals surface area contributed by atoms with Crippen molar-refractivity contribution >= 4 is 0 Å². The lowest BCUT2D eigenvalue weighted by Gasteiger charge is -2.37. The number of rotatable bonds is 5. The maximum absolute atomic E-state index is 5.91. The lowest BCUT2D eigenvalue weighted by atomic mass is 9.88. The molecule has 23 heavy (non-hydrogen) atoms. The summed E-state index contributed by atoms with van der Waals surface area (Å²) in [7, 11) is 1.78. The fourth-order valence-electron chi connectivity index (χ4n) is 4.49. The molecule has 0 bridgehead atoms. The van der Waals surface area contributed by atoms with Gasteiger partial charge in [0, 0.05) is 17.6 Å². The van der Waals surface area contributed by atoms with Crippen molar-refractivity contribution in [1.29, 1.82) is 0 Å². The van der Waals surface area contributed by atoms with Crippen molar-refractivity contribution in [2.24, 2.45) is 5.92 Å². The highest BCUT2D eigenvalue weighted by Crippen LogP contribution is 2.40. The molecule has 4 atom stereocenters. The number of nitrogens with one attached hydrogen (secondary N) is 1. The summed E-state index contributed by atoms with van der Waals surface area (Å²) in [5, 5.41) is 3.99. The van der Waals surface area contributed by atoms with Crippen molar-refractivity contribution < 1.29 is 9.47 Å². The lowest BCUT2D eigenvalue weighted by Crippen LogP contribution is -2.44. The van der Waals surface area contributed by atoms with Gasteiger partial charge in [-0.15, -0.1) is 0 Å². The van der Waals surface area contributed by atoms with Crippen molar-refractivity contribution in [3.63, 3.8) is 0 Å². The maximum atomic E-state index is 5.91. The summed E-state index contributed by atoms with van der Waals surface area (Å²) < 4.78 is 11.6. The largest absolute Gasteiger partial charge is 0.496 e. The van der Waals surface area contributed by atoms with Gasteiger partial charge in [0.1, 0.15) is 5.75 Å². The predicted molar refractivity (Wildman–Crippen MR) is 93.9 cm³/mol. The second-order valence-electron chi connectivity index (χ2n) is 7.36. The molecule has 1 aliphatic heterocycles. The van der Waals surface area contributed by atoms with Gasteiger partial charge < -0.3 is 14.8 Å². The third-order valence-corrected chi connectivity index (χ3v) is 5.46. The van der Waals surface area contributed by atoms with Crippen LogP contribution in [0.4, 0.5) is 0 Å². The molecule has 0 aromatic heterocycles. The molecule has 1 N–H and O–H groups in total. The SMILES string of the molecule is COc1ccccc1[C@H](NC1C[C@@H](C)O[C@@H](C)C1)C1CCCC1. The fourth-order valence-corrected chi connectivity index (χ4v) is 4.49. The first-order valence-electron chi connectivity index (χ1n) is 9.21. The summed E-state index contributed by atoms with van der Waals surface area (Å²) in [5.74, 6) is 1.74. The van der Waals surface area contributed by atoms with Crippen LogP contribution >= 0.6 is 0 Å². The Bertz CT molecular complexity index is 488. The van der Waals surface area contributed by atoms with Crippen molar-refractivity contribution in [3.05, 3.63) is 29.8 Å². The number of benzene rings is 1. The van der Waals surface area contributed by atoms with E-state index in [-0.39, 0.29) is 0 Å². The molecule has 0 radical (unpaired) electrons. The molecule has 3 heteroatoms. The predicted octanol–water partition coefficient (Wildman–Crippen LogP) is 4.47. The molecule has 3 rings (SSSR count). The van der Waals surface area contributed by atoms with Crippen molar-refractivity contribution in [2.45, 2.75) is 76.7 Å². The molecule has 1 aromatic carbocycles. The van der Waals surface area contributed by atoms with Gasteiger partial charge in [-0.2, -0.15) is 0 Å². The second-order valence-corrected chi connectivity index (χ2v) is 7.36. The summed E-state index contributed by atoms with van der Waals surface area (Å²) in [4.78, 5) is 0. The molecular formula is C20H31NO2. The van der Waals surface area contributed by atoms with Gasteiger partial charge >= 0.3 is 0 Å². The van der Waals surface area contributed by atoms with Gasteiger partial charge in [0.15, 0.2) is 0 Å². The highest BCUT2D eigenvalue weighted by Gasteiger charge is 2.32. The van der Waals surface area contributed by atoms with Crippen LogP contribution in [0.5, 0.6) is 5.75 Å². The average Bonchev–Trinajstić information content (AvgIpc) is 3.06. The van der Waals surface area contributed by atoms with Crippen LogP contribution in [0.15, 0.2) is 24.3 Å². The molecule has 1 aromatic rings. The Morgan fingerprint density at radius 1 is 1.09 bits per heavy atom. The normalized spacial score (nSPS) is 30.3. The summed E-state index contributed by atoms with van der Waals surface area (Å²) >= 11 is 0. The Balaban J connectivity index is 1.81. The van der Waals surface area contributed by atoms with E-state index in [9.17, 15) is 0 Å².